The molecular weight excluding hydrogens is 242 g/mol. The second kappa shape index (κ2) is 5.77. The highest BCUT2D eigenvalue weighted by molar-refractivity contribution is 6.00. The molecule has 19 heavy (non-hydrogen) atoms. The lowest BCUT2D eigenvalue weighted by atomic mass is 10.2. The number of benzene rings is 1. The number of carbonyl (C=O) groups excluding carboxylic acids is 1. The first-order chi connectivity index (χ1) is 9.16. The zero-order chi connectivity index (χ0) is 13.7. The number of aromatic nitrogens is 1. The summed E-state index contributed by atoms with van der Waals surface area (Å²) in [6.45, 7) is 1.79. The summed E-state index contributed by atoms with van der Waals surface area (Å²) >= 11 is 0. The lowest BCUT2D eigenvalue weighted by Crippen LogP contribution is -2.19. The Labute approximate surface area is 110 Å². The fourth-order valence-electron chi connectivity index (χ4n) is 1.45. The first-order valence-electron chi connectivity index (χ1n) is 5.71. The maximum Gasteiger partial charge on any atom is 0.271 e. The first kappa shape index (κ1) is 12.8. The van der Waals surface area contributed by atoms with Crippen molar-refractivity contribution in [1.29, 1.82) is 0 Å². The van der Waals surface area contributed by atoms with Gasteiger partial charge in [0.1, 0.15) is 5.75 Å². The van der Waals surface area contributed by atoms with E-state index in [1.54, 1.807) is 25.4 Å². The van der Waals surface area contributed by atoms with E-state index in [1.165, 1.54) is 24.3 Å². The number of phenols is 1. The van der Waals surface area contributed by atoms with Crippen LogP contribution >= 0.6 is 0 Å². The Morgan fingerprint density at radius 2 is 1.95 bits per heavy atom. The summed E-state index contributed by atoms with van der Waals surface area (Å²) in [7, 11) is 0. The molecule has 0 saturated heterocycles. The minimum absolute atomic E-state index is 0.117. The molecule has 0 unspecified atom stereocenters. The van der Waals surface area contributed by atoms with E-state index in [9.17, 15) is 4.79 Å². The molecular formula is C14H13N3O2. The molecule has 0 aliphatic heterocycles. The quantitative estimate of drug-likeness (QED) is 0.650. The molecule has 2 N–H and O–H groups in total. The van der Waals surface area contributed by atoms with Crippen molar-refractivity contribution >= 4 is 11.6 Å². The summed E-state index contributed by atoms with van der Waals surface area (Å²) in [6.07, 6.45) is 3.34. The van der Waals surface area contributed by atoms with Gasteiger partial charge in [0.25, 0.3) is 5.91 Å². The van der Waals surface area contributed by atoms with Gasteiger partial charge >= 0.3 is 0 Å². The zero-order valence-electron chi connectivity index (χ0n) is 10.4. The highest BCUT2D eigenvalue weighted by Gasteiger charge is 2.04. The fourth-order valence-corrected chi connectivity index (χ4v) is 1.45. The molecule has 96 valence electrons. The summed E-state index contributed by atoms with van der Waals surface area (Å²) in [5.41, 5.74) is 4.40. The van der Waals surface area contributed by atoms with Gasteiger partial charge in [-0.2, -0.15) is 5.10 Å². The van der Waals surface area contributed by atoms with Crippen LogP contribution in [0.1, 0.15) is 22.8 Å². The van der Waals surface area contributed by atoms with Gasteiger partial charge in [0, 0.05) is 23.5 Å². The molecule has 1 aromatic heterocycles. The van der Waals surface area contributed by atoms with Gasteiger partial charge in [-0.3, -0.25) is 9.78 Å². The number of amides is 1. The van der Waals surface area contributed by atoms with Crippen molar-refractivity contribution in [2.24, 2.45) is 5.10 Å². The number of rotatable bonds is 3. The van der Waals surface area contributed by atoms with Crippen molar-refractivity contribution in [2.45, 2.75) is 6.92 Å². The summed E-state index contributed by atoms with van der Waals surface area (Å²) < 4.78 is 0. The molecule has 0 fully saturated rings. The Bertz CT molecular complexity index is 592. The lowest BCUT2D eigenvalue weighted by Gasteiger charge is -2.02. The molecule has 0 aliphatic rings. The molecule has 0 atom stereocenters. The number of aromatic hydroxyl groups is 1. The number of hydrogen-bond donors (Lipinski definition) is 2. The van der Waals surface area contributed by atoms with Gasteiger partial charge in [0.05, 0.1) is 5.71 Å². The lowest BCUT2D eigenvalue weighted by molar-refractivity contribution is 0.0955. The smallest absolute Gasteiger partial charge is 0.271 e. The predicted molar refractivity (Wildman–Crippen MR) is 72.0 cm³/mol. The maximum absolute atomic E-state index is 11.8. The minimum Gasteiger partial charge on any atom is -0.508 e. The van der Waals surface area contributed by atoms with E-state index in [1.807, 2.05) is 6.07 Å². The van der Waals surface area contributed by atoms with Gasteiger partial charge in [-0.25, -0.2) is 5.43 Å². The molecule has 5 nitrogen and oxygen atoms in total. The van der Waals surface area contributed by atoms with Crippen LogP contribution in [-0.4, -0.2) is 21.7 Å². The molecule has 0 spiro atoms. The largest absolute Gasteiger partial charge is 0.508 e. The van der Waals surface area contributed by atoms with E-state index in [0.29, 0.717) is 11.3 Å². The average molecular weight is 255 g/mol. The number of pyridine rings is 1. The summed E-state index contributed by atoms with van der Waals surface area (Å²) in [4.78, 5) is 15.8. The molecule has 1 amide bonds. The van der Waals surface area contributed by atoms with E-state index >= 15 is 0 Å². The number of carbonyl (C=O) groups is 1. The summed E-state index contributed by atoms with van der Waals surface area (Å²) in [5.74, 6) is -0.213. The van der Waals surface area contributed by atoms with Gasteiger partial charge in [-0.1, -0.05) is 6.07 Å². The van der Waals surface area contributed by atoms with Crippen LogP contribution in [-0.2, 0) is 0 Å². The van der Waals surface area contributed by atoms with Crippen LogP contribution in [0, 0.1) is 0 Å². The van der Waals surface area contributed by atoms with Crippen molar-refractivity contribution in [3.05, 3.63) is 59.9 Å². The van der Waals surface area contributed by atoms with E-state index in [0.717, 1.165) is 5.56 Å². The monoisotopic (exact) mass is 255 g/mol. The van der Waals surface area contributed by atoms with Gasteiger partial charge in [0.15, 0.2) is 0 Å². The van der Waals surface area contributed by atoms with E-state index in [2.05, 4.69) is 15.5 Å². The molecule has 2 rings (SSSR count). The highest BCUT2D eigenvalue weighted by Crippen LogP contribution is 2.09. The van der Waals surface area contributed by atoms with Crippen LogP contribution in [0.5, 0.6) is 5.75 Å². The van der Waals surface area contributed by atoms with Crippen molar-refractivity contribution in [3.8, 4) is 5.75 Å². The Balaban J connectivity index is 2.06. The molecule has 0 radical (unpaired) electrons. The van der Waals surface area contributed by atoms with Crippen molar-refractivity contribution in [2.75, 3.05) is 0 Å². The fraction of sp³-hybridized carbons (Fsp3) is 0.0714. The van der Waals surface area contributed by atoms with Crippen LogP contribution < -0.4 is 5.43 Å². The highest BCUT2D eigenvalue weighted by atomic mass is 16.3. The van der Waals surface area contributed by atoms with Crippen molar-refractivity contribution in [3.63, 3.8) is 0 Å². The standard InChI is InChI=1S/C14H13N3O2/c1-10(12-3-2-8-15-9-12)16-17-14(19)11-4-6-13(18)7-5-11/h2-9,18H,1H3,(H,17,19)/b16-10-. The second-order valence-corrected chi connectivity index (χ2v) is 3.93. The van der Waals surface area contributed by atoms with Crippen molar-refractivity contribution in [1.82, 2.24) is 10.4 Å². The third kappa shape index (κ3) is 3.38. The van der Waals surface area contributed by atoms with Crippen LogP contribution in [0.3, 0.4) is 0 Å². The Hall–Kier alpha value is -2.69. The van der Waals surface area contributed by atoms with Gasteiger partial charge in [0.2, 0.25) is 0 Å². The minimum atomic E-state index is -0.330. The number of nitrogens with zero attached hydrogens (tertiary/aromatic N) is 2. The van der Waals surface area contributed by atoms with Gasteiger partial charge < -0.3 is 5.11 Å². The molecule has 1 heterocycles. The Morgan fingerprint density at radius 1 is 1.21 bits per heavy atom. The Kier molecular flexibility index (Phi) is 3.87. The van der Waals surface area contributed by atoms with Crippen LogP contribution in [0.25, 0.3) is 0 Å². The van der Waals surface area contributed by atoms with Crippen LogP contribution in [0.2, 0.25) is 0 Å². The Morgan fingerprint density at radius 3 is 2.58 bits per heavy atom. The topological polar surface area (TPSA) is 74.6 Å². The van der Waals surface area contributed by atoms with E-state index < -0.39 is 0 Å². The number of phenolic OH excluding ortho intramolecular Hbond substituents is 1. The zero-order valence-corrected chi connectivity index (χ0v) is 10.4. The molecule has 1 aromatic carbocycles. The molecule has 5 heteroatoms. The summed E-state index contributed by atoms with van der Waals surface area (Å²) in [5, 5.41) is 13.1. The van der Waals surface area contributed by atoms with E-state index in [4.69, 9.17) is 5.11 Å². The molecule has 0 saturated carbocycles. The number of hydrazone groups is 1. The maximum atomic E-state index is 11.8. The van der Waals surface area contributed by atoms with Crippen molar-refractivity contribution < 1.29 is 9.90 Å². The number of nitrogens with one attached hydrogen (secondary N) is 1. The second-order valence-electron chi connectivity index (χ2n) is 3.93. The molecule has 0 aliphatic carbocycles. The molecule has 2 aromatic rings. The van der Waals surface area contributed by atoms with E-state index in [-0.39, 0.29) is 11.7 Å². The van der Waals surface area contributed by atoms with Gasteiger partial charge in [-0.05, 0) is 37.3 Å². The first-order valence-corrected chi connectivity index (χ1v) is 5.71. The third-order valence-corrected chi connectivity index (χ3v) is 2.53. The normalized spacial score (nSPS) is 11.1. The average Bonchev–Trinajstić information content (AvgIpc) is 2.46. The number of hydrogen-bond acceptors (Lipinski definition) is 4. The van der Waals surface area contributed by atoms with Crippen LogP contribution in [0.4, 0.5) is 0 Å². The van der Waals surface area contributed by atoms with Gasteiger partial charge in [-0.15, -0.1) is 0 Å². The molecule has 0 bridgehead atoms. The third-order valence-electron chi connectivity index (χ3n) is 2.53. The SMILES string of the molecule is C/C(=N/NC(=O)c1ccc(O)cc1)c1cccnc1. The summed E-state index contributed by atoms with van der Waals surface area (Å²) in [6, 6.07) is 9.62. The predicted octanol–water partition coefficient (Wildman–Crippen LogP) is 1.94. The van der Waals surface area contributed by atoms with Crippen LogP contribution in [0.15, 0.2) is 53.9 Å².